The topological polar surface area (TPSA) is 33.6 Å². The van der Waals surface area contributed by atoms with Gasteiger partial charge in [-0.1, -0.05) is 38.5 Å². The molecule has 24 heavy (non-hydrogen) atoms. The van der Waals surface area contributed by atoms with Gasteiger partial charge in [-0.3, -0.25) is 0 Å². The molecule has 0 unspecified atom stereocenters. The van der Waals surface area contributed by atoms with E-state index in [0.29, 0.717) is 6.04 Å². The van der Waals surface area contributed by atoms with Gasteiger partial charge in [0.05, 0.1) is 5.52 Å². The number of hydrogen-bond donors (Lipinski definition) is 1. The number of rotatable bonds is 2. The zero-order valence-corrected chi connectivity index (χ0v) is 14.4. The van der Waals surface area contributed by atoms with Crippen LogP contribution in [0.4, 0.5) is 0 Å². The molecule has 3 aromatic rings. The smallest absolute Gasteiger partial charge is 0.139 e. The molecule has 2 saturated carbocycles. The van der Waals surface area contributed by atoms with E-state index in [1.165, 1.54) is 80.5 Å². The highest BCUT2D eigenvalue weighted by molar-refractivity contribution is 6.03. The van der Waals surface area contributed by atoms with Crippen molar-refractivity contribution in [1.82, 2.24) is 14.5 Å². The molecule has 0 atom stereocenters. The van der Waals surface area contributed by atoms with Crippen molar-refractivity contribution < 1.29 is 0 Å². The molecule has 0 aliphatic heterocycles. The van der Waals surface area contributed by atoms with E-state index in [-0.39, 0.29) is 0 Å². The van der Waals surface area contributed by atoms with Crippen molar-refractivity contribution in [2.75, 3.05) is 0 Å². The lowest BCUT2D eigenvalue weighted by Crippen LogP contribution is -2.18. The summed E-state index contributed by atoms with van der Waals surface area (Å²) < 4.78 is 2.75. The molecule has 0 aromatic carbocycles. The first-order chi connectivity index (χ1) is 11.9. The van der Waals surface area contributed by atoms with E-state index in [0.717, 1.165) is 11.6 Å². The van der Waals surface area contributed by atoms with Gasteiger partial charge in [0.2, 0.25) is 0 Å². The van der Waals surface area contributed by atoms with E-state index in [1.807, 2.05) is 6.20 Å². The summed E-state index contributed by atoms with van der Waals surface area (Å²) in [6, 6.07) is 5.38. The Bertz CT molecular complexity index is 845. The van der Waals surface area contributed by atoms with Gasteiger partial charge in [-0.2, -0.15) is 0 Å². The van der Waals surface area contributed by atoms with Gasteiger partial charge >= 0.3 is 0 Å². The third-order valence-corrected chi connectivity index (χ3v) is 6.37. The van der Waals surface area contributed by atoms with E-state index >= 15 is 0 Å². The number of pyridine rings is 1. The van der Waals surface area contributed by atoms with Crippen LogP contribution in [-0.2, 0) is 0 Å². The van der Waals surface area contributed by atoms with Crippen molar-refractivity contribution in [2.45, 2.75) is 76.2 Å². The number of aromatic nitrogens is 3. The summed E-state index contributed by atoms with van der Waals surface area (Å²) >= 11 is 0. The van der Waals surface area contributed by atoms with Crippen molar-refractivity contribution >= 4 is 21.9 Å². The standard InChI is InChI=1S/C21H27N3/c1-3-7-15(8-4-1)19-13-16-14-23-21-18(11-12-22-21)20(16)24(19)17-9-5-2-6-10-17/h11-15,17H,1-10H2,(H,22,23). The second kappa shape index (κ2) is 5.94. The molecule has 0 radical (unpaired) electrons. The average molecular weight is 321 g/mol. The van der Waals surface area contributed by atoms with Crippen LogP contribution in [0.25, 0.3) is 21.9 Å². The molecule has 2 fully saturated rings. The Labute approximate surface area is 143 Å². The van der Waals surface area contributed by atoms with E-state index in [1.54, 1.807) is 5.69 Å². The van der Waals surface area contributed by atoms with Crippen LogP contribution in [-0.4, -0.2) is 14.5 Å². The van der Waals surface area contributed by atoms with Crippen molar-refractivity contribution in [1.29, 1.82) is 0 Å². The first kappa shape index (κ1) is 14.6. The van der Waals surface area contributed by atoms with E-state index in [2.05, 4.69) is 32.9 Å². The van der Waals surface area contributed by atoms with Crippen LogP contribution in [0.5, 0.6) is 0 Å². The zero-order valence-electron chi connectivity index (χ0n) is 14.4. The lowest BCUT2D eigenvalue weighted by molar-refractivity contribution is 0.338. The fraction of sp³-hybridized carbons (Fsp3) is 0.571. The molecular weight excluding hydrogens is 294 g/mol. The minimum Gasteiger partial charge on any atom is -0.346 e. The summed E-state index contributed by atoms with van der Waals surface area (Å²) in [7, 11) is 0. The Morgan fingerprint density at radius 2 is 1.71 bits per heavy atom. The maximum Gasteiger partial charge on any atom is 0.139 e. The summed E-state index contributed by atoms with van der Waals surface area (Å²) in [5.41, 5.74) is 4.08. The lowest BCUT2D eigenvalue weighted by Gasteiger charge is -2.30. The molecule has 126 valence electrons. The van der Waals surface area contributed by atoms with Gasteiger partial charge < -0.3 is 9.55 Å². The SMILES string of the molecule is c1cc2c(ncc3cc(C4CCCCC4)n(C4CCCCC4)c32)[nH]1. The Morgan fingerprint density at radius 3 is 2.50 bits per heavy atom. The predicted octanol–water partition coefficient (Wildman–Crippen LogP) is 6.07. The van der Waals surface area contributed by atoms with Crippen molar-refractivity contribution in [2.24, 2.45) is 0 Å². The molecule has 2 aliphatic rings. The highest BCUT2D eigenvalue weighted by Gasteiger charge is 2.26. The fourth-order valence-electron chi connectivity index (χ4n) is 5.19. The number of H-pyrrole nitrogens is 1. The molecule has 1 N–H and O–H groups in total. The number of nitrogens with one attached hydrogen (secondary N) is 1. The molecular formula is C21H27N3. The van der Waals surface area contributed by atoms with Crippen LogP contribution in [0.3, 0.4) is 0 Å². The third-order valence-electron chi connectivity index (χ3n) is 6.37. The lowest BCUT2D eigenvalue weighted by atomic mass is 9.86. The van der Waals surface area contributed by atoms with Crippen molar-refractivity contribution in [3.05, 3.63) is 30.2 Å². The summed E-state index contributed by atoms with van der Waals surface area (Å²) in [5.74, 6) is 0.752. The second-order valence-corrected chi connectivity index (χ2v) is 7.87. The van der Waals surface area contributed by atoms with Crippen LogP contribution >= 0.6 is 0 Å². The highest BCUT2D eigenvalue weighted by atomic mass is 15.0. The van der Waals surface area contributed by atoms with Gasteiger partial charge in [0, 0.05) is 34.9 Å². The summed E-state index contributed by atoms with van der Waals surface area (Å²) in [6.45, 7) is 0. The fourth-order valence-corrected chi connectivity index (χ4v) is 5.19. The van der Waals surface area contributed by atoms with E-state index in [4.69, 9.17) is 0 Å². The van der Waals surface area contributed by atoms with Gasteiger partial charge in [-0.15, -0.1) is 0 Å². The molecule has 0 amide bonds. The molecule has 0 saturated heterocycles. The van der Waals surface area contributed by atoms with Gasteiger partial charge in [0.25, 0.3) is 0 Å². The maximum atomic E-state index is 4.65. The minimum absolute atomic E-state index is 0.689. The van der Waals surface area contributed by atoms with Crippen LogP contribution in [0.2, 0.25) is 0 Å². The number of fused-ring (bicyclic) bond motifs is 3. The zero-order chi connectivity index (χ0) is 15.9. The van der Waals surface area contributed by atoms with E-state index in [9.17, 15) is 0 Å². The maximum absolute atomic E-state index is 4.65. The quantitative estimate of drug-likeness (QED) is 0.610. The van der Waals surface area contributed by atoms with Crippen LogP contribution < -0.4 is 0 Å². The molecule has 0 bridgehead atoms. The second-order valence-electron chi connectivity index (χ2n) is 7.87. The molecule has 3 nitrogen and oxygen atoms in total. The summed E-state index contributed by atoms with van der Waals surface area (Å²) in [6.07, 6.45) is 17.9. The van der Waals surface area contributed by atoms with Crippen LogP contribution in [0, 0.1) is 0 Å². The van der Waals surface area contributed by atoms with Gasteiger partial charge in [-0.05, 0) is 43.7 Å². The first-order valence-electron chi connectivity index (χ1n) is 9.89. The highest BCUT2D eigenvalue weighted by Crippen LogP contribution is 2.41. The number of aromatic amines is 1. The summed E-state index contributed by atoms with van der Waals surface area (Å²) in [5, 5.41) is 2.65. The Balaban J connectivity index is 1.74. The Morgan fingerprint density at radius 1 is 0.958 bits per heavy atom. The average Bonchev–Trinajstić information content (AvgIpc) is 3.27. The van der Waals surface area contributed by atoms with Gasteiger partial charge in [-0.25, -0.2) is 4.98 Å². The monoisotopic (exact) mass is 321 g/mol. The first-order valence-corrected chi connectivity index (χ1v) is 9.89. The Kier molecular flexibility index (Phi) is 3.61. The number of nitrogens with zero attached hydrogens (tertiary/aromatic N) is 2. The van der Waals surface area contributed by atoms with E-state index < -0.39 is 0 Å². The van der Waals surface area contributed by atoms with Gasteiger partial charge in [0.1, 0.15) is 5.65 Å². The predicted molar refractivity (Wildman–Crippen MR) is 99.5 cm³/mol. The van der Waals surface area contributed by atoms with Crippen LogP contribution in [0.15, 0.2) is 24.5 Å². The molecule has 0 spiro atoms. The largest absolute Gasteiger partial charge is 0.346 e. The third kappa shape index (κ3) is 2.28. The molecule has 5 rings (SSSR count). The van der Waals surface area contributed by atoms with Gasteiger partial charge in [0.15, 0.2) is 0 Å². The van der Waals surface area contributed by atoms with Crippen molar-refractivity contribution in [3.8, 4) is 0 Å². The molecule has 3 heteroatoms. The summed E-state index contributed by atoms with van der Waals surface area (Å²) in [4.78, 5) is 7.95. The molecule has 2 aliphatic carbocycles. The number of hydrogen-bond acceptors (Lipinski definition) is 1. The Hall–Kier alpha value is -1.77. The minimum atomic E-state index is 0.689. The van der Waals surface area contributed by atoms with Crippen LogP contribution in [0.1, 0.15) is 81.9 Å². The molecule has 3 aromatic heterocycles. The van der Waals surface area contributed by atoms with Crippen molar-refractivity contribution in [3.63, 3.8) is 0 Å². The molecule has 3 heterocycles. The normalized spacial score (nSPS) is 21.0.